The Balaban J connectivity index is 1.84. The fraction of sp³-hybridized carbons (Fsp3) is 0.188. The largest absolute Gasteiger partial charge is 0.496 e. The summed E-state index contributed by atoms with van der Waals surface area (Å²) in [7, 11) is 1.67. The van der Waals surface area contributed by atoms with Gasteiger partial charge in [0.15, 0.2) is 11.4 Å². The second kappa shape index (κ2) is 6.62. The monoisotopic (exact) mass is 378 g/mol. The fourth-order valence-electron chi connectivity index (χ4n) is 2.11. The van der Waals surface area contributed by atoms with E-state index in [9.17, 15) is 0 Å². The summed E-state index contributed by atoms with van der Waals surface area (Å²) in [4.78, 5) is 1.02. The first-order chi connectivity index (χ1) is 10.7. The maximum atomic E-state index is 5.41. The number of anilines is 1. The van der Waals surface area contributed by atoms with Crippen LogP contribution in [-0.2, 0) is 6.42 Å². The van der Waals surface area contributed by atoms with Crippen molar-refractivity contribution in [1.29, 1.82) is 0 Å². The molecular formula is C16H15BrN2O2S. The van der Waals surface area contributed by atoms with E-state index in [1.54, 1.807) is 7.11 Å². The van der Waals surface area contributed by atoms with Gasteiger partial charge in [0.05, 0.1) is 17.4 Å². The lowest BCUT2D eigenvalue weighted by Crippen LogP contribution is -1.93. The Kier molecular flexibility index (Phi) is 4.59. The summed E-state index contributed by atoms with van der Waals surface area (Å²) in [6.07, 6.45) is 0.985. The molecule has 0 saturated carbocycles. The van der Waals surface area contributed by atoms with Crippen LogP contribution in [0, 0.1) is 0 Å². The van der Waals surface area contributed by atoms with Gasteiger partial charge in [0, 0.05) is 4.47 Å². The quantitative estimate of drug-likeness (QED) is 0.611. The molecule has 0 unspecified atom stereocenters. The van der Waals surface area contributed by atoms with Crippen LogP contribution in [0.25, 0.3) is 11.0 Å². The minimum Gasteiger partial charge on any atom is -0.496 e. The molecule has 0 saturated heterocycles. The third-order valence-electron chi connectivity index (χ3n) is 3.33. The molecule has 0 aliphatic heterocycles. The average molecular weight is 379 g/mol. The van der Waals surface area contributed by atoms with Crippen molar-refractivity contribution in [3.8, 4) is 5.75 Å². The smallest absolute Gasteiger partial charge is 0.187 e. The van der Waals surface area contributed by atoms with Crippen molar-refractivity contribution in [3.63, 3.8) is 0 Å². The summed E-state index contributed by atoms with van der Waals surface area (Å²) in [6.45, 7) is 2.13. The normalized spacial score (nSPS) is 10.9. The second-order valence-corrected chi connectivity index (χ2v) is 6.48. The maximum Gasteiger partial charge on any atom is 0.187 e. The predicted octanol–water partition coefficient (Wildman–Crippen LogP) is 5.28. The van der Waals surface area contributed by atoms with Crippen LogP contribution in [-0.4, -0.2) is 12.3 Å². The van der Waals surface area contributed by atoms with Crippen LogP contribution < -0.4 is 9.46 Å². The molecule has 22 heavy (non-hydrogen) atoms. The number of hydrogen-bond donors (Lipinski definition) is 1. The zero-order valence-corrected chi connectivity index (χ0v) is 14.6. The van der Waals surface area contributed by atoms with Gasteiger partial charge in [-0.2, -0.15) is 0 Å². The Bertz CT molecular complexity index is 804. The number of nitrogens with zero attached hydrogens (tertiary/aromatic N) is 1. The van der Waals surface area contributed by atoms with E-state index in [0.29, 0.717) is 5.82 Å². The lowest BCUT2D eigenvalue weighted by atomic mass is 10.2. The summed E-state index contributed by atoms with van der Waals surface area (Å²) in [5.74, 6) is 1.54. The SMILES string of the molecule is CCc1ccc(OC)c(SNc2noc3cc(Br)ccc23)c1. The Hall–Kier alpha value is -1.66. The van der Waals surface area contributed by atoms with Gasteiger partial charge in [0.2, 0.25) is 0 Å². The number of benzene rings is 2. The predicted molar refractivity (Wildman–Crippen MR) is 93.6 cm³/mol. The first-order valence-electron chi connectivity index (χ1n) is 6.86. The Morgan fingerprint density at radius 3 is 2.91 bits per heavy atom. The second-order valence-electron chi connectivity index (χ2n) is 4.71. The van der Waals surface area contributed by atoms with Gasteiger partial charge in [-0.1, -0.05) is 34.1 Å². The molecular weight excluding hydrogens is 364 g/mol. The molecule has 114 valence electrons. The number of methoxy groups -OCH3 is 1. The van der Waals surface area contributed by atoms with Crippen molar-refractivity contribution >= 4 is 44.7 Å². The number of fused-ring (bicyclic) bond motifs is 1. The van der Waals surface area contributed by atoms with Crippen LogP contribution in [0.3, 0.4) is 0 Å². The summed E-state index contributed by atoms with van der Waals surface area (Å²) >= 11 is 4.89. The number of ether oxygens (including phenoxy) is 1. The van der Waals surface area contributed by atoms with Gasteiger partial charge in [-0.15, -0.1) is 0 Å². The molecule has 2 aromatic carbocycles. The lowest BCUT2D eigenvalue weighted by Gasteiger charge is -2.09. The topological polar surface area (TPSA) is 47.3 Å². The van der Waals surface area contributed by atoms with Gasteiger partial charge in [-0.3, -0.25) is 0 Å². The number of aryl methyl sites for hydroxylation is 1. The average Bonchev–Trinajstić information content (AvgIpc) is 2.94. The van der Waals surface area contributed by atoms with Crippen molar-refractivity contribution in [2.75, 3.05) is 11.8 Å². The highest BCUT2D eigenvalue weighted by Crippen LogP contribution is 2.33. The summed E-state index contributed by atoms with van der Waals surface area (Å²) < 4.78 is 15.0. The van der Waals surface area contributed by atoms with E-state index in [4.69, 9.17) is 9.26 Å². The molecule has 4 nitrogen and oxygen atoms in total. The Labute approximate surface area is 141 Å². The van der Waals surface area contributed by atoms with Gasteiger partial charge in [-0.05, 0) is 54.3 Å². The van der Waals surface area contributed by atoms with E-state index in [0.717, 1.165) is 32.5 Å². The first kappa shape index (κ1) is 15.2. The van der Waals surface area contributed by atoms with Gasteiger partial charge in [0.1, 0.15) is 5.75 Å². The van der Waals surface area contributed by atoms with Gasteiger partial charge in [-0.25, -0.2) is 0 Å². The Morgan fingerprint density at radius 2 is 2.14 bits per heavy atom. The van der Waals surface area contributed by atoms with Crippen LogP contribution in [0.1, 0.15) is 12.5 Å². The van der Waals surface area contributed by atoms with E-state index in [2.05, 4.69) is 44.9 Å². The lowest BCUT2D eigenvalue weighted by molar-refractivity contribution is 0.404. The zero-order valence-electron chi connectivity index (χ0n) is 12.2. The molecule has 0 bridgehead atoms. The van der Waals surface area contributed by atoms with E-state index in [1.807, 2.05) is 24.3 Å². The van der Waals surface area contributed by atoms with E-state index >= 15 is 0 Å². The van der Waals surface area contributed by atoms with Crippen LogP contribution in [0.5, 0.6) is 5.75 Å². The molecule has 1 N–H and O–H groups in total. The number of hydrogen-bond acceptors (Lipinski definition) is 5. The summed E-state index contributed by atoms with van der Waals surface area (Å²) in [5, 5.41) is 5.03. The number of nitrogens with one attached hydrogen (secondary N) is 1. The van der Waals surface area contributed by atoms with Gasteiger partial charge >= 0.3 is 0 Å². The number of aromatic nitrogens is 1. The molecule has 3 aromatic rings. The van der Waals surface area contributed by atoms with Gasteiger partial charge < -0.3 is 14.0 Å². The molecule has 0 amide bonds. The maximum absolute atomic E-state index is 5.41. The highest BCUT2D eigenvalue weighted by Gasteiger charge is 2.10. The molecule has 1 heterocycles. The number of rotatable bonds is 5. The molecule has 0 radical (unpaired) electrons. The third kappa shape index (κ3) is 3.08. The standard InChI is InChI=1S/C16H15BrN2O2S/c1-3-10-4-7-13(20-2)15(8-10)22-19-16-12-6-5-11(17)9-14(12)21-18-16/h4-9H,3H2,1-2H3,(H,18,19). The zero-order chi connectivity index (χ0) is 15.5. The van der Waals surface area contributed by atoms with Crippen molar-refractivity contribution in [1.82, 2.24) is 5.16 Å². The molecule has 1 aromatic heterocycles. The van der Waals surface area contributed by atoms with Crippen LogP contribution in [0.15, 0.2) is 50.3 Å². The van der Waals surface area contributed by atoms with E-state index < -0.39 is 0 Å². The molecule has 0 spiro atoms. The molecule has 0 fully saturated rings. The van der Waals surface area contributed by atoms with E-state index in [-0.39, 0.29) is 0 Å². The minimum atomic E-state index is 0.705. The van der Waals surface area contributed by atoms with Crippen molar-refractivity contribution in [3.05, 3.63) is 46.4 Å². The molecule has 6 heteroatoms. The van der Waals surface area contributed by atoms with Crippen molar-refractivity contribution in [2.45, 2.75) is 18.2 Å². The highest BCUT2D eigenvalue weighted by molar-refractivity contribution is 9.10. The molecule has 0 aliphatic carbocycles. The summed E-state index contributed by atoms with van der Waals surface area (Å²) in [6, 6.07) is 12.0. The molecule has 0 aliphatic rings. The summed E-state index contributed by atoms with van der Waals surface area (Å²) in [5.41, 5.74) is 2.01. The molecule has 3 rings (SSSR count). The van der Waals surface area contributed by atoms with Crippen molar-refractivity contribution < 1.29 is 9.26 Å². The Morgan fingerprint density at radius 1 is 1.27 bits per heavy atom. The minimum absolute atomic E-state index is 0.705. The first-order valence-corrected chi connectivity index (χ1v) is 8.47. The van der Waals surface area contributed by atoms with Gasteiger partial charge in [0.25, 0.3) is 0 Å². The van der Waals surface area contributed by atoms with Crippen LogP contribution in [0.4, 0.5) is 5.82 Å². The highest BCUT2D eigenvalue weighted by atomic mass is 79.9. The number of halogens is 1. The molecule has 0 atom stereocenters. The van der Waals surface area contributed by atoms with Crippen LogP contribution >= 0.6 is 27.9 Å². The third-order valence-corrected chi connectivity index (χ3v) is 4.66. The van der Waals surface area contributed by atoms with E-state index in [1.165, 1.54) is 17.5 Å². The van der Waals surface area contributed by atoms with Crippen molar-refractivity contribution in [2.24, 2.45) is 0 Å². The van der Waals surface area contributed by atoms with Crippen LogP contribution in [0.2, 0.25) is 0 Å². The fourth-order valence-corrected chi connectivity index (χ4v) is 3.27.